The Morgan fingerprint density at radius 2 is 1.95 bits per heavy atom. The average molecular weight is 272 g/mol. The molecular formula is C16H20N2O2. The standard InChI is InChI=1S/C16H20N2O2/c1-12(9-18-10-14-7-15(11-18)20-14)16(19)17-8-13-5-3-2-4-6-13/h2-6,14-15H,1,7-11H2,(H,17,19). The minimum atomic E-state index is -0.0611. The second-order valence-corrected chi connectivity index (χ2v) is 5.58. The Bertz CT molecular complexity index is 484. The molecule has 2 bridgehead atoms. The molecule has 1 N–H and O–H groups in total. The summed E-state index contributed by atoms with van der Waals surface area (Å²) in [6, 6.07) is 9.90. The van der Waals surface area contributed by atoms with E-state index in [0.717, 1.165) is 18.7 Å². The van der Waals surface area contributed by atoms with E-state index in [1.165, 1.54) is 6.42 Å². The van der Waals surface area contributed by atoms with Gasteiger partial charge in [0.25, 0.3) is 0 Å². The fourth-order valence-corrected chi connectivity index (χ4v) is 2.81. The van der Waals surface area contributed by atoms with Gasteiger partial charge in [-0.05, 0) is 5.56 Å². The Morgan fingerprint density at radius 1 is 1.30 bits per heavy atom. The number of nitrogens with zero attached hydrogens (tertiary/aromatic N) is 1. The molecule has 3 fully saturated rings. The maximum absolute atomic E-state index is 12.0. The molecule has 0 aliphatic carbocycles. The molecule has 3 saturated heterocycles. The van der Waals surface area contributed by atoms with E-state index in [2.05, 4.69) is 16.8 Å². The molecule has 3 aliphatic rings. The van der Waals surface area contributed by atoms with Crippen molar-refractivity contribution >= 4 is 5.91 Å². The lowest BCUT2D eigenvalue weighted by Gasteiger charge is -2.47. The minimum absolute atomic E-state index is 0.0611. The zero-order valence-electron chi connectivity index (χ0n) is 11.5. The van der Waals surface area contributed by atoms with Crippen LogP contribution in [0.4, 0.5) is 0 Å². The van der Waals surface area contributed by atoms with Crippen LogP contribution in [0.3, 0.4) is 0 Å². The van der Waals surface area contributed by atoms with Crippen LogP contribution in [0.15, 0.2) is 42.5 Å². The summed E-state index contributed by atoms with van der Waals surface area (Å²) in [7, 11) is 0. The summed E-state index contributed by atoms with van der Waals surface area (Å²) in [5.74, 6) is -0.0611. The second-order valence-electron chi connectivity index (χ2n) is 5.58. The SMILES string of the molecule is C=C(CN1CC2CC(C1)O2)C(=O)NCc1ccccc1. The first-order chi connectivity index (χ1) is 9.70. The number of morpholine rings is 1. The molecule has 2 atom stereocenters. The summed E-state index contributed by atoms with van der Waals surface area (Å²) in [4.78, 5) is 14.3. The van der Waals surface area contributed by atoms with Crippen molar-refractivity contribution in [1.82, 2.24) is 10.2 Å². The van der Waals surface area contributed by atoms with Gasteiger partial charge in [-0.25, -0.2) is 0 Å². The summed E-state index contributed by atoms with van der Waals surface area (Å²) < 4.78 is 5.58. The first-order valence-corrected chi connectivity index (χ1v) is 7.08. The molecule has 106 valence electrons. The van der Waals surface area contributed by atoms with Crippen molar-refractivity contribution in [3.05, 3.63) is 48.0 Å². The Balaban J connectivity index is 1.44. The predicted molar refractivity (Wildman–Crippen MR) is 77.1 cm³/mol. The highest BCUT2D eigenvalue weighted by Crippen LogP contribution is 2.27. The number of carbonyl (C=O) groups is 1. The third-order valence-corrected chi connectivity index (χ3v) is 3.87. The van der Waals surface area contributed by atoms with Gasteiger partial charge in [-0.3, -0.25) is 9.69 Å². The number of piperidine rings is 1. The first-order valence-electron chi connectivity index (χ1n) is 7.08. The van der Waals surface area contributed by atoms with E-state index in [1.807, 2.05) is 30.3 Å². The average Bonchev–Trinajstić information content (AvgIpc) is 2.45. The van der Waals surface area contributed by atoms with E-state index in [9.17, 15) is 4.79 Å². The Labute approximate surface area is 119 Å². The number of benzene rings is 1. The summed E-state index contributed by atoms with van der Waals surface area (Å²) in [6.45, 7) is 6.93. The molecule has 20 heavy (non-hydrogen) atoms. The van der Waals surface area contributed by atoms with Gasteiger partial charge in [0.2, 0.25) is 5.91 Å². The molecule has 1 aromatic rings. The molecule has 0 radical (unpaired) electrons. The van der Waals surface area contributed by atoms with Crippen LogP contribution in [0.25, 0.3) is 0 Å². The molecule has 4 rings (SSSR count). The van der Waals surface area contributed by atoms with Crippen molar-refractivity contribution in [1.29, 1.82) is 0 Å². The van der Waals surface area contributed by atoms with Crippen molar-refractivity contribution in [2.24, 2.45) is 0 Å². The molecule has 1 amide bonds. The molecule has 3 heterocycles. The Hall–Kier alpha value is -1.65. The number of hydrogen-bond donors (Lipinski definition) is 1. The van der Waals surface area contributed by atoms with Crippen molar-refractivity contribution < 1.29 is 9.53 Å². The molecule has 0 aromatic heterocycles. The minimum Gasteiger partial charge on any atom is -0.372 e. The summed E-state index contributed by atoms with van der Waals surface area (Å²) >= 11 is 0. The lowest BCUT2D eigenvalue weighted by molar-refractivity contribution is -0.179. The van der Waals surface area contributed by atoms with Gasteiger partial charge in [0, 0.05) is 38.2 Å². The van der Waals surface area contributed by atoms with Crippen LogP contribution in [0.5, 0.6) is 0 Å². The summed E-state index contributed by atoms with van der Waals surface area (Å²) in [5, 5.41) is 2.91. The third kappa shape index (κ3) is 3.08. The third-order valence-electron chi connectivity index (χ3n) is 3.87. The highest BCUT2D eigenvalue weighted by Gasteiger charge is 2.38. The maximum atomic E-state index is 12.0. The quantitative estimate of drug-likeness (QED) is 0.822. The molecule has 4 heteroatoms. The number of hydrogen-bond acceptors (Lipinski definition) is 3. The molecule has 1 aromatic carbocycles. The lowest BCUT2D eigenvalue weighted by Crippen LogP contribution is -2.57. The van der Waals surface area contributed by atoms with E-state index in [0.29, 0.717) is 30.9 Å². The normalized spacial score (nSPS) is 24.8. The number of ether oxygens (including phenoxy) is 1. The first kappa shape index (κ1) is 13.3. The molecule has 0 spiro atoms. The van der Waals surface area contributed by atoms with Crippen LogP contribution in [0.2, 0.25) is 0 Å². The van der Waals surface area contributed by atoms with Gasteiger partial charge in [0.05, 0.1) is 12.2 Å². The largest absolute Gasteiger partial charge is 0.372 e. The Kier molecular flexibility index (Phi) is 3.85. The van der Waals surface area contributed by atoms with Crippen LogP contribution < -0.4 is 5.32 Å². The Morgan fingerprint density at radius 3 is 2.60 bits per heavy atom. The molecule has 2 unspecified atom stereocenters. The molecular weight excluding hydrogens is 252 g/mol. The number of amides is 1. The topological polar surface area (TPSA) is 41.6 Å². The van der Waals surface area contributed by atoms with Crippen LogP contribution in [0, 0.1) is 0 Å². The van der Waals surface area contributed by atoms with Crippen molar-refractivity contribution in [3.63, 3.8) is 0 Å². The predicted octanol–water partition coefficient (Wildman–Crippen LogP) is 1.33. The van der Waals surface area contributed by atoms with Gasteiger partial charge in [-0.1, -0.05) is 36.9 Å². The zero-order chi connectivity index (χ0) is 13.9. The number of nitrogens with one attached hydrogen (secondary N) is 1. The fraction of sp³-hybridized carbons (Fsp3) is 0.438. The molecule has 0 saturated carbocycles. The van der Waals surface area contributed by atoms with Gasteiger partial charge in [0.15, 0.2) is 0 Å². The number of carbonyl (C=O) groups excluding carboxylic acids is 1. The van der Waals surface area contributed by atoms with E-state index >= 15 is 0 Å². The molecule has 3 aliphatic heterocycles. The maximum Gasteiger partial charge on any atom is 0.248 e. The van der Waals surface area contributed by atoms with Crippen LogP contribution in [-0.4, -0.2) is 42.6 Å². The highest BCUT2D eigenvalue weighted by atomic mass is 16.5. The van der Waals surface area contributed by atoms with Crippen LogP contribution in [-0.2, 0) is 16.1 Å². The van der Waals surface area contributed by atoms with Crippen LogP contribution in [0.1, 0.15) is 12.0 Å². The molecule has 4 nitrogen and oxygen atoms in total. The lowest BCUT2D eigenvalue weighted by atomic mass is 9.98. The van der Waals surface area contributed by atoms with E-state index in [-0.39, 0.29) is 5.91 Å². The van der Waals surface area contributed by atoms with Crippen LogP contribution >= 0.6 is 0 Å². The van der Waals surface area contributed by atoms with Gasteiger partial charge >= 0.3 is 0 Å². The summed E-state index contributed by atoms with van der Waals surface area (Å²) in [5.41, 5.74) is 1.73. The van der Waals surface area contributed by atoms with E-state index < -0.39 is 0 Å². The van der Waals surface area contributed by atoms with Crippen molar-refractivity contribution in [3.8, 4) is 0 Å². The fourth-order valence-electron chi connectivity index (χ4n) is 2.81. The van der Waals surface area contributed by atoms with Gasteiger partial charge in [0.1, 0.15) is 0 Å². The van der Waals surface area contributed by atoms with Gasteiger partial charge < -0.3 is 10.1 Å². The van der Waals surface area contributed by atoms with E-state index in [4.69, 9.17) is 4.74 Å². The van der Waals surface area contributed by atoms with E-state index in [1.54, 1.807) is 0 Å². The highest BCUT2D eigenvalue weighted by molar-refractivity contribution is 5.93. The number of rotatable bonds is 5. The number of fused-ring (bicyclic) bond motifs is 2. The summed E-state index contributed by atoms with van der Waals surface area (Å²) in [6.07, 6.45) is 1.91. The van der Waals surface area contributed by atoms with Gasteiger partial charge in [-0.15, -0.1) is 0 Å². The van der Waals surface area contributed by atoms with Crippen molar-refractivity contribution in [2.45, 2.75) is 25.2 Å². The van der Waals surface area contributed by atoms with Gasteiger partial charge in [-0.2, -0.15) is 0 Å². The van der Waals surface area contributed by atoms with Crippen molar-refractivity contribution in [2.75, 3.05) is 19.6 Å². The smallest absolute Gasteiger partial charge is 0.248 e. The monoisotopic (exact) mass is 272 g/mol. The second kappa shape index (κ2) is 5.77. The zero-order valence-corrected chi connectivity index (χ0v) is 11.5.